The zero-order valence-electron chi connectivity index (χ0n) is 16.8. The first-order chi connectivity index (χ1) is 11.9. The molecule has 0 saturated heterocycles. The van der Waals surface area contributed by atoms with Gasteiger partial charge in [0.25, 0.3) is 0 Å². The fraction of sp³-hybridized carbons (Fsp3) is 0.833. The Labute approximate surface area is 155 Å². The molecule has 140 valence electrons. The normalized spacial score (nSPS) is 50.8. The van der Waals surface area contributed by atoms with Crippen LogP contribution in [0.3, 0.4) is 0 Å². The van der Waals surface area contributed by atoms with E-state index in [2.05, 4.69) is 45.9 Å². The Morgan fingerprint density at radius 3 is 2.68 bits per heavy atom. The number of aliphatic hydroxyl groups is 1. The van der Waals surface area contributed by atoms with Crippen LogP contribution in [-0.2, 0) is 0 Å². The second-order valence-corrected chi connectivity index (χ2v) is 10.3. The minimum absolute atomic E-state index is 0.0812. The Morgan fingerprint density at radius 1 is 1.12 bits per heavy atom. The van der Waals surface area contributed by atoms with Gasteiger partial charge in [-0.05, 0) is 98.7 Å². The van der Waals surface area contributed by atoms with Crippen LogP contribution in [0.25, 0.3) is 0 Å². The highest BCUT2D eigenvalue weighted by Crippen LogP contribution is 2.67. The van der Waals surface area contributed by atoms with E-state index in [4.69, 9.17) is 0 Å². The highest BCUT2D eigenvalue weighted by molar-refractivity contribution is 5.25. The van der Waals surface area contributed by atoms with Crippen LogP contribution < -0.4 is 0 Å². The molecule has 4 aliphatic carbocycles. The lowest BCUT2D eigenvalue weighted by molar-refractivity contribution is -0.0540. The van der Waals surface area contributed by atoms with Crippen molar-refractivity contribution in [3.63, 3.8) is 0 Å². The molecule has 0 radical (unpaired) electrons. The maximum absolute atomic E-state index is 10.1. The third kappa shape index (κ3) is 2.59. The fourth-order valence-electron chi connectivity index (χ4n) is 7.98. The number of allylic oxidation sites excluding steroid dienone is 3. The van der Waals surface area contributed by atoms with Gasteiger partial charge in [0.1, 0.15) is 0 Å². The molecular formula is C24H38O. The van der Waals surface area contributed by atoms with Gasteiger partial charge in [-0.1, -0.05) is 44.6 Å². The molecule has 1 N–H and O–H groups in total. The van der Waals surface area contributed by atoms with Crippen LogP contribution in [0.4, 0.5) is 0 Å². The summed E-state index contributed by atoms with van der Waals surface area (Å²) in [6.45, 7) is 9.80. The molecule has 0 aromatic rings. The van der Waals surface area contributed by atoms with Crippen LogP contribution in [0, 0.1) is 40.4 Å². The van der Waals surface area contributed by atoms with Gasteiger partial charge in [0.2, 0.25) is 0 Å². The van der Waals surface area contributed by atoms with Crippen molar-refractivity contribution in [2.45, 2.75) is 85.2 Å². The van der Waals surface area contributed by atoms with Gasteiger partial charge in [-0.3, -0.25) is 0 Å². The third-order valence-corrected chi connectivity index (χ3v) is 9.28. The van der Waals surface area contributed by atoms with Crippen molar-refractivity contribution in [1.82, 2.24) is 0 Å². The second kappa shape index (κ2) is 6.25. The largest absolute Gasteiger partial charge is 0.393 e. The Bertz CT molecular complexity index is 575. The van der Waals surface area contributed by atoms with E-state index in [0.29, 0.717) is 10.8 Å². The molecule has 4 rings (SSSR count). The van der Waals surface area contributed by atoms with E-state index >= 15 is 0 Å². The van der Waals surface area contributed by atoms with E-state index < -0.39 is 0 Å². The minimum Gasteiger partial charge on any atom is -0.393 e. The summed E-state index contributed by atoms with van der Waals surface area (Å²) in [7, 11) is 0. The molecule has 0 heterocycles. The smallest absolute Gasteiger partial charge is 0.0577 e. The van der Waals surface area contributed by atoms with Crippen molar-refractivity contribution >= 4 is 0 Å². The lowest BCUT2D eigenvalue weighted by atomic mass is 9.47. The molecule has 0 aromatic heterocycles. The van der Waals surface area contributed by atoms with Crippen LogP contribution in [0.1, 0.15) is 79.1 Å². The van der Waals surface area contributed by atoms with Crippen LogP contribution in [0.2, 0.25) is 0 Å². The fourth-order valence-corrected chi connectivity index (χ4v) is 7.98. The van der Waals surface area contributed by atoms with Gasteiger partial charge < -0.3 is 5.11 Å². The van der Waals surface area contributed by atoms with Crippen molar-refractivity contribution in [1.29, 1.82) is 0 Å². The molecule has 0 bridgehead atoms. The Kier molecular flexibility index (Phi) is 4.46. The summed E-state index contributed by atoms with van der Waals surface area (Å²) < 4.78 is 0. The molecule has 0 aromatic carbocycles. The van der Waals surface area contributed by atoms with Gasteiger partial charge >= 0.3 is 0 Å². The van der Waals surface area contributed by atoms with Crippen LogP contribution in [0.15, 0.2) is 23.8 Å². The van der Waals surface area contributed by atoms with Crippen molar-refractivity contribution in [3.05, 3.63) is 23.8 Å². The van der Waals surface area contributed by atoms with E-state index in [1.807, 2.05) is 0 Å². The van der Waals surface area contributed by atoms with E-state index in [0.717, 1.165) is 42.4 Å². The number of hydrogen-bond donors (Lipinski definition) is 1. The molecule has 3 saturated carbocycles. The SMILES string of the molecule is C/C=C/[C@@H](C)[C@H]1CC[C@H]2[C@@H]3CC=C4CC(O)CC[C@]4(C)[C@H]3CC[C@]12C. The zero-order valence-corrected chi connectivity index (χ0v) is 16.8. The molecule has 25 heavy (non-hydrogen) atoms. The third-order valence-electron chi connectivity index (χ3n) is 9.28. The lowest BCUT2D eigenvalue weighted by Crippen LogP contribution is -2.50. The average Bonchev–Trinajstić information content (AvgIpc) is 2.93. The van der Waals surface area contributed by atoms with Crippen LogP contribution >= 0.6 is 0 Å². The average molecular weight is 343 g/mol. The Morgan fingerprint density at radius 2 is 1.92 bits per heavy atom. The molecule has 1 unspecified atom stereocenters. The number of hydrogen-bond acceptors (Lipinski definition) is 1. The van der Waals surface area contributed by atoms with Crippen molar-refractivity contribution < 1.29 is 5.11 Å². The molecule has 0 spiro atoms. The van der Waals surface area contributed by atoms with Crippen LogP contribution in [0.5, 0.6) is 0 Å². The van der Waals surface area contributed by atoms with E-state index in [9.17, 15) is 5.11 Å². The van der Waals surface area contributed by atoms with E-state index in [-0.39, 0.29) is 6.10 Å². The van der Waals surface area contributed by atoms with Gasteiger partial charge in [-0.25, -0.2) is 0 Å². The zero-order chi connectivity index (χ0) is 17.8. The molecule has 3 fully saturated rings. The Balaban J connectivity index is 1.62. The summed E-state index contributed by atoms with van der Waals surface area (Å²) >= 11 is 0. The summed E-state index contributed by atoms with van der Waals surface area (Å²) in [6.07, 6.45) is 17.4. The van der Waals surface area contributed by atoms with E-state index in [1.165, 1.54) is 38.5 Å². The van der Waals surface area contributed by atoms with Crippen molar-refractivity contribution in [2.75, 3.05) is 0 Å². The number of fused-ring (bicyclic) bond motifs is 5. The number of aliphatic hydroxyl groups excluding tert-OH is 1. The standard InChI is InChI=1S/C24H38O/c1-5-6-16(2)20-9-10-21-19-8-7-17-15-18(25)11-13-23(17,3)22(19)12-14-24(20,21)4/h5-7,16,18-22,25H,8-15H2,1-4H3/b6-5+/t16-,18?,19+,20-,21+,22+,23+,24-/m1/s1. The van der Waals surface area contributed by atoms with Gasteiger partial charge in [0.15, 0.2) is 0 Å². The molecule has 4 aliphatic rings. The quantitative estimate of drug-likeness (QED) is 0.598. The van der Waals surface area contributed by atoms with Crippen molar-refractivity contribution in [2.24, 2.45) is 40.4 Å². The van der Waals surface area contributed by atoms with E-state index in [1.54, 1.807) is 5.57 Å². The highest BCUT2D eigenvalue weighted by Gasteiger charge is 2.58. The van der Waals surface area contributed by atoms with Gasteiger partial charge in [0, 0.05) is 0 Å². The summed E-state index contributed by atoms with van der Waals surface area (Å²) in [5.41, 5.74) is 2.54. The maximum Gasteiger partial charge on any atom is 0.0577 e. The summed E-state index contributed by atoms with van der Waals surface area (Å²) in [5.74, 6) is 4.29. The first kappa shape index (κ1) is 17.8. The maximum atomic E-state index is 10.1. The summed E-state index contributed by atoms with van der Waals surface area (Å²) in [6, 6.07) is 0. The lowest BCUT2D eigenvalue weighted by Gasteiger charge is -2.58. The molecule has 1 nitrogen and oxygen atoms in total. The van der Waals surface area contributed by atoms with Crippen molar-refractivity contribution in [3.8, 4) is 0 Å². The van der Waals surface area contributed by atoms with Crippen LogP contribution in [-0.4, -0.2) is 11.2 Å². The first-order valence-corrected chi connectivity index (χ1v) is 10.9. The number of rotatable bonds is 2. The Hall–Kier alpha value is -0.560. The molecular weight excluding hydrogens is 304 g/mol. The summed E-state index contributed by atoms with van der Waals surface area (Å²) in [4.78, 5) is 0. The van der Waals surface area contributed by atoms with Gasteiger partial charge in [-0.2, -0.15) is 0 Å². The molecule has 1 heteroatoms. The first-order valence-electron chi connectivity index (χ1n) is 10.9. The monoisotopic (exact) mass is 342 g/mol. The second-order valence-electron chi connectivity index (χ2n) is 10.3. The predicted molar refractivity (Wildman–Crippen MR) is 105 cm³/mol. The highest BCUT2D eigenvalue weighted by atomic mass is 16.3. The molecule has 0 aliphatic heterocycles. The van der Waals surface area contributed by atoms with Gasteiger partial charge in [0.05, 0.1) is 6.10 Å². The predicted octanol–water partition coefficient (Wildman–Crippen LogP) is 6.14. The summed E-state index contributed by atoms with van der Waals surface area (Å²) in [5, 5.41) is 10.1. The van der Waals surface area contributed by atoms with Gasteiger partial charge in [-0.15, -0.1) is 0 Å². The molecule has 0 amide bonds. The molecule has 8 atom stereocenters. The topological polar surface area (TPSA) is 20.2 Å². The minimum atomic E-state index is -0.0812.